The van der Waals surface area contributed by atoms with Crippen molar-refractivity contribution in [3.63, 3.8) is 0 Å². The Morgan fingerprint density at radius 2 is 1.96 bits per heavy atom. The van der Waals surface area contributed by atoms with Gasteiger partial charge in [0.1, 0.15) is 0 Å². The first-order valence-corrected chi connectivity index (χ1v) is 10.3. The van der Waals surface area contributed by atoms with Crippen LogP contribution in [-0.4, -0.2) is 41.3 Å². The minimum absolute atomic E-state index is 0.101. The van der Waals surface area contributed by atoms with E-state index in [-0.39, 0.29) is 11.8 Å². The number of likely N-dealkylation sites (tertiary alicyclic amines) is 1. The number of carbonyl (C=O) groups is 2. The highest BCUT2D eigenvalue weighted by Gasteiger charge is 2.25. The molecule has 2 N–H and O–H groups in total. The van der Waals surface area contributed by atoms with Crippen molar-refractivity contribution in [1.29, 1.82) is 0 Å². The van der Waals surface area contributed by atoms with E-state index in [1.165, 1.54) is 27.8 Å². The van der Waals surface area contributed by atoms with E-state index in [4.69, 9.17) is 0 Å². The minimum atomic E-state index is -0.101. The lowest BCUT2D eigenvalue weighted by molar-refractivity contribution is -0.132. The first kappa shape index (κ1) is 17.8. The number of nitrogens with one attached hydrogen (secondary N) is 2. The SMILES string of the molecule is O=C(NCCC(=O)N1CCC(c2c[nH]c3ccccc23)CC1)c1cccs1. The predicted molar refractivity (Wildman–Crippen MR) is 108 cm³/mol. The molecule has 140 valence electrons. The lowest BCUT2D eigenvalue weighted by atomic mass is 9.89. The Hall–Kier alpha value is -2.60. The van der Waals surface area contributed by atoms with Crippen LogP contribution in [0.4, 0.5) is 0 Å². The van der Waals surface area contributed by atoms with E-state index >= 15 is 0 Å². The third kappa shape index (κ3) is 3.90. The van der Waals surface area contributed by atoms with Crippen LogP contribution in [0.1, 0.15) is 40.4 Å². The molecule has 1 aliphatic rings. The van der Waals surface area contributed by atoms with Crippen LogP contribution in [0, 0.1) is 0 Å². The maximum Gasteiger partial charge on any atom is 0.261 e. The van der Waals surface area contributed by atoms with Gasteiger partial charge in [-0.25, -0.2) is 0 Å². The number of carbonyl (C=O) groups excluding carboxylic acids is 2. The molecule has 0 bridgehead atoms. The van der Waals surface area contributed by atoms with Crippen molar-refractivity contribution in [1.82, 2.24) is 15.2 Å². The number of amides is 2. The van der Waals surface area contributed by atoms with E-state index in [9.17, 15) is 9.59 Å². The summed E-state index contributed by atoms with van der Waals surface area (Å²) in [6.45, 7) is 1.95. The molecule has 0 atom stereocenters. The van der Waals surface area contributed by atoms with Crippen molar-refractivity contribution in [3.8, 4) is 0 Å². The zero-order valence-electron chi connectivity index (χ0n) is 15.1. The molecule has 0 spiro atoms. The summed E-state index contributed by atoms with van der Waals surface area (Å²) < 4.78 is 0. The summed E-state index contributed by atoms with van der Waals surface area (Å²) in [6.07, 6.45) is 4.44. The molecule has 3 heterocycles. The molecule has 2 amide bonds. The number of thiophene rings is 1. The summed E-state index contributed by atoms with van der Waals surface area (Å²) in [5, 5.41) is 5.99. The van der Waals surface area contributed by atoms with Gasteiger partial charge in [0.2, 0.25) is 5.91 Å². The van der Waals surface area contributed by atoms with Crippen LogP contribution in [-0.2, 0) is 4.79 Å². The van der Waals surface area contributed by atoms with Gasteiger partial charge in [0.05, 0.1) is 4.88 Å². The first-order chi connectivity index (χ1) is 13.2. The number of nitrogens with zero attached hydrogens (tertiary/aromatic N) is 1. The largest absolute Gasteiger partial charge is 0.361 e. The number of benzene rings is 1. The van der Waals surface area contributed by atoms with Gasteiger partial charge in [0, 0.05) is 43.2 Å². The highest BCUT2D eigenvalue weighted by Crippen LogP contribution is 2.33. The van der Waals surface area contributed by atoms with Crippen molar-refractivity contribution >= 4 is 34.1 Å². The molecule has 1 fully saturated rings. The van der Waals surface area contributed by atoms with Gasteiger partial charge >= 0.3 is 0 Å². The summed E-state index contributed by atoms with van der Waals surface area (Å²) in [5.41, 5.74) is 2.54. The van der Waals surface area contributed by atoms with Crippen LogP contribution in [0.15, 0.2) is 48.0 Å². The second kappa shape index (κ2) is 7.96. The van der Waals surface area contributed by atoms with Crippen LogP contribution in [0.25, 0.3) is 10.9 Å². The van der Waals surface area contributed by atoms with Crippen molar-refractivity contribution in [3.05, 3.63) is 58.4 Å². The maximum absolute atomic E-state index is 12.4. The highest BCUT2D eigenvalue weighted by atomic mass is 32.1. The molecule has 1 saturated heterocycles. The molecule has 6 heteroatoms. The summed E-state index contributed by atoms with van der Waals surface area (Å²) >= 11 is 1.41. The number of rotatable bonds is 5. The fraction of sp³-hybridized carbons (Fsp3) is 0.333. The van der Waals surface area contributed by atoms with Crippen molar-refractivity contribution in [2.75, 3.05) is 19.6 Å². The maximum atomic E-state index is 12.4. The molecule has 0 aliphatic carbocycles. The van der Waals surface area contributed by atoms with Gasteiger partial charge in [0.25, 0.3) is 5.91 Å². The number of H-pyrrole nitrogens is 1. The van der Waals surface area contributed by atoms with E-state index < -0.39 is 0 Å². The number of para-hydroxylation sites is 1. The summed E-state index contributed by atoms with van der Waals surface area (Å²) in [5.74, 6) is 0.512. The Labute approximate surface area is 162 Å². The molecule has 1 aromatic carbocycles. The monoisotopic (exact) mass is 381 g/mol. The van der Waals surface area contributed by atoms with E-state index in [1.807, 2.05) is 22.4 Å². The van der Waals surface area contributed by atoms with Crippen molar-refractivity contribution < 1.29 is 9.59 Å². The molecule has 27 heavy (non-hydrogen) atoms. The summed E-state index contributed by atoms with van der Waals surface area (Å²) in [6, 6.07) is 12.0. The van der Waals surface area contributed by atoms with Gasteiger partial charge in [-0.05, 0) is 41.8 Å². The van der Waals surface area contributed by atoms with Crippen LogP contribution in [0.5, 0.6) is 0 Å². The Bertz CT molecular complexity index is 924. The van der Waals surface area contributed by atoms with E-state index in [1.54, 1.807) is 6.07 Å². The fourth-order valence-electron chi connectivity index (χ4n) is 3.81. The van der Waals surface area contributed by atoms with Gasteiger partial charge in [0.15, 0.2) is 0 Å². The number of hydrogen-bond acceptors (Lipinski definition) is 3. The van der Waals surface area contributed by atoms with Crippen LogP contribution in [0.2, 0.25) is 0 Å². The Morgan fingerprint density at radius 1 is 1.15 bits per heavy atom. The average molecular weight is 382 g/mol. The quantitative estimate of drug-likeness (QED) is 0.707. The van der Waals surface area contributed by atoms with Gasteiger partial charge < -0.3 is 15.2 Å². The van der Waals surface area contributed by atoms with Gasteiger partial charge in [-0.15, -0.1) is 11.3 Å². The van der Waals surface area contributed by atoms with Gasteiger partial charge in [-0.1, -0.05) is 24.3 Å². The average Bonchev–Trinajstić information content (AvgIpc) is 3.38. The molecule has 3 aromatic rings. The smallest absolute Gasteiger partial charge is 0.261 e. The molecule has 0 saturated carbocycles. The zero-order chi connectivity index (χ0) is 18.6. The first-order valence-electron chi connectivity index (χ1n) is 9.38. The third-order valence-electron chi connectivity index (χ3n) is 5.28. The molecule has 2 aromatic heterocycles. The van der Waals surface area contributed by atoms with Crippen LogP contribution < -0.4 is 5.32 Å². The molecule has 0 radical (unpaired) electrons. The third-order valence-corrected chi connectivity index (χ3v) is 6.15. The zero-order valence-corrected chi connectivity index (χ0v) is 15.9. The second-order valence-electron chi connectivity index (χ2n) is 6.93. The van der Waals surface area contributed by atoms with E-state index in [0.717, 1.165) is 25.9 Å². The standard InChI is InChI=1S/C21H23N3O2S/c25-20(7-10-22-21(26)19-6-3-13-27-19)24-11-8-15(9-12-24)17-14-23-18-5-2-1-4-16(17)18/h1-6,13-15,23H,7-12H2,(H,22,26). The lowest BCUT2D eigenvalue weighted by Crippen LogP contribution is -2.39. The number of fused-ring (bicyclic) bond motifs is 1. The second-order valence-corrected chi connectivity index (χ2v) is 7.88. The molecule has 0 unspecified atom stereocenters. The molecular weight excluding hydrogens is 358 g/mol. The highest BCUT2D eigenvalue weighted by molar-refractivity contribution is 7.12. The molecule has 4 rings (SSSR count). The number of aromatic amines is 1. The summed E-state index contributed by atoms with van der Waals surface area (Å²) in [7, 11) is 0. The summed E-state index contributed by atoms with van der Waals surface area (Å²) in [4.78, 5) is 30.3. The van der Waals surface area contributed by atoms with Gasteiger partial charge in [-0.3, -0.25) is 9.59 Å². The van der Waals surface area contributed by atoms with Gasteiger partial charge in [-0.2, -0.15) is 0 Å². The Morgan fingerprint density at radius 3 is 2.74 bits per heavy atom. The minimum Gasteiger partial charge on any atom is -0.361 e. The molecule has 1 aliphatic heterocycles. The number of hydrogen-bond donors (Lipinski definition) is 2. The number of aromatic nitrogens is 1. The van der Waals surface area contributed by atoms with E-state index in [2.05, 4.69) is 34.7 Å². The lowest BCUT2D eigenvalue weighted by Gasteiger charge is -2.32. The van der Waals surface area contributed by atoms with Crippen LogP contribution >= 0.6 is 11.3 Å². The number of piperidine rings is 1. The molecule has 5 nitrogen and oxygen atoms in total. The normalized spacial score (nSPS) is 15.2. The topological polar surface area (TPSA) is 65.2 Å². The van der Waals surface area contributed by atoms with Crippen molar-refractivity contribution in [2.24, 2.45) is 0 Å². The van der Waals surface area contributed by atoms with E-state index in [0.29, 0.717) is 23.8 Å². The fourth-order valence-corrected chi connectivity index (χ4v) is 4.45. The van der Waals surface area contributed by atoms with Crippen LogP contribution in [0.3, 0.4) is 0 Å². The van der Waals surface area contributed by atoms with Crippen molar-refractivity contribution in [2.45, 2.75) is 25.2 Å². The molecular formula is C21H23N3O2S. The Kier molecular flexibility index (Phi) is 5.25. The Balaban J connectivity index is 1.26. The predicted octanol–water partition coefficient (Wildman–Crippen LogP) is 3.76.